The van der Waals surface area contributed by atoms with Crippen LogP contribution in [-0.2, 0) is 14.8 Å². The van der Waals surface area contributed by atoms with E-state index >= 15 is 0 Å². The standard InChI is InChI=1S/C16H15N3O4S/c20-15(21)9-13(11-5-2-1-3-6-11)19-24(22,23)14-10-18-16-12(14)7-4-8-17-16/h1-8,10,13,19H,9H2,(H,17,18)(H,20,21). The van der Waals surface area contributed by atoms with E-state index in [9.17, 15) is 13.2 Å². The normalized spacial score (nSPS) is 13.0. The number of hydrogen-bond acceptors (Lipinski definition) is 4. The number of benzene rings is 1. The third-order valence-electron chi connectivity index (χ3n) is 3.58. The molecule has 7 nitrogen and oxygen atoms in total. The van der Waals surface area contributed by atoms with Crippen molar-refractivity contribution in [3.8, 4) is 0 Å². The first kappa shape index (κ1) is 16.2. The minimum absolute atomic E-state index is 0.0388. The van der Waals surface area contributed by atoms with Gasteiger partial charge < -0.3 is 10.1 Å². The van der Waals surface area contributed by atoms with Gasteiger partial charge in [-0.2, -0.15) is 0 Å². The molecule has 1 atom stereocenters. The predicted molar refractivity (Wildman–Crippen MR) is 87.9 cm³/mol. The summed E-state index contributed by atoms with van der Waals surface area (Å²) < 4.78 is 27.9. The van der Waals surface area contributed by atoms with Crippen LogP contribution in [0, 0.1) is 0 Å². The zero-order chi connectivity index (χ0) is 17.2. The molecule has 3 N–H and O–H groups in total. The molecular weight excluding hydrogens is 330 g/mol. The van der Waals surface area contributed by atoms with Gasteiger partial charge in [0.2, 0.25) is 10.0 Å². The smallest absolute Gasteiger partial charge is 0.305 e. The van der Waals surface area contributed by atoms with Crippen LogP contribution < -0.4 is 4.72 Å². The van der Waals surface area contributed by atoms with Gasteiger partial charge in [0.15, 0.2) is 0 Å². The number of H-pyrrole nitrogens is 1. The van der Waals surface area contributed by atoms with E-state index in [4.69, 9.17) is 5.11 Å². The summed E-state index contributed by atoms with van der Waals surface area (Å²) in [6.07, 6.45) is 2.55. The average Bonchev–Trinajstić information content (AvgIpc) is 2.99. The molecule has 2 aromatic heterocycles. The Hall–Kier alpha value is -2.71. The molecule has 0 saturated heterocycles. The van der Waals surface area contributed by atoms with Gasteiger partial charge in [-0.3, -0.25) is 4.79 Å². The van der Waals surface area contributed by atoms with E-state index in [1.54, 1.807) is 48.7 Å². The second kappa shape index (κ2) is 6.42. The van der Waals surface area contributed by atoms with Gasteiger partial charge in [-0.05, 0) is 17.7 Å². The monoisotopic (exact) mass is 345 g/mol. The number of rotatable bonds is 6. The maximum atomic E-state index is 12.7. The highest BCUT2D eigenvalue weighted by Gasteiger charge is 2.25. The topological polar surface area (TPSA) is 112 Å². The van der Waals surface area contributed by atoms with Gasteiger partial charge in [-0.15, -0.1) is 0 Å². The number of aromatic amines is 1. The molecule has 1 aromatic carbocycles. The second-order valence-corrected chi connectivity index (χ2v) is 6.92. The minimum atomic E-state index is -3.92. The highest BCUT2D eigenvalue weighted by Crippen LogP contribution is 2.24. The Balaban J connectivity index is 1.97. The largest absolute Gasteiger partial charge is 0.481 e. The lowest BCUT2D eigenvalue weighted by molar-refractivity contribution is -0.137. The Bertz CT molecular complexity index is 967. The lowest BCUT2D eigenvalue weighted by Gasteiger charge is -2.17. The van der Waals surface area contributed by atoms with Crippen LogP contribution in [0.1, 0.15) is 18.0 Å². The summed E-state index contributed by atoms with van der Waals surface area (Å²) in [5, 5.41) is 9.54. The summed E-state index contributed by atoms with van der Waals surface area (Å²) in [6, 6.07) is 11.0. The van der Waals surface area contributed by atoms with E-state index in [0.29, 0.717) is 16.6 Å². The number of carboxylic acids is 1. The number of sulfonamides is 1. The van der Waals surface area contributed by atoms with Crippen molar-refractivity contribution in [2.75, 3.05) is 0 Å². The van der Waals surface area contributed by atoms with Gasteiger partial charge in [-0.25, -0.2) is 18.1 Å². The van der Waals surface area contributed by atoms with Crippen molar-refractivity contribution in [1.82, 2.24) is 14.7 Å². The van der Waals surface area contributed by atoms with Crippen LogP contribution >= 0.6 is 0 Å². The quantitative estimate of drug-likeness (QED) is 0.633. The summed E-state index contributed by atoms with van der Waals surface area (Å²) in [5.74, 6) is -1.09. The van der Waals surface area contributed by atoms with Crippen LogP contribution in [0.15, 0.2) is 59.8 Å². The van der Waals surface area contributed by atoms with Crippen molar-refractivity contribution >= 4 is 27.0 Å². The maximum absolute atomic E-state index is 12.7. The molecule has 0 saturated carbocycles. The second-order valence-electron chi connectivity index (χ2n) is 5.23. The van der Waals surface area contributed by atoms with Gasteiger partial charge in [0, 0.05) is 17.8 Å². The highest BCUT2D eigenvalue weighted by atomic mass is 32.2. The molecule has 2 heterocycles. The molecule has 0 aliphatic heterocycles. The molecule has 0 bridgehead atoms. The number of hydrogen-bond donors (Lipinski definition) is 3. The first-order valence-electron chi connectivity index (χ1n) is 7.18. The third-order valence-corrected chi connectivity index (χ3v) is 5.09. The lowest BCUT2D eigenvalue weighted by atomic mass is 10.1. The van der Waals surface area contributed by atoms with E-state index in [-0.39, 0.29) is 11.3 Å². The van der Waals surface area contributed by atoms with Gasteiger partial charge in [0.1, 0.15) is 10.5 Å². The Morgan fingerprint density at radius 3 is 2.67 bits per heavy atom. The van der Waals surface area contributed by atoms with E-state index in [1.165, 1.54) is 6.20 Å². The Labute approximate surface area is 138 Å². The number of pyridine rings is 1. The molecule has 0 spiro atoms. The number of carboxylic acid groups (broad SMARTS) is 1. The van der Waals surface area contributed by atoms with Gasteiger partial charge >= 0.3 is 5.97 Å². The van der Waals surface area contributed by atoms with Crippen LogP contribution in [0.4, 0.5) is 0 Å². The maximum Gasteiger partial charge on any atom is 0.305 e. The first-order chi connectivity index (χ1) is 11.5. The van der Waals surface area contributed by atoms with Crippen molar-refractivity contribution in [3.63, 3.8) is 0 Å². The van der Waals surface area contributed by atoms with Crippen LogP contribution in [0.3, 0.4) is 0 Å². The number of aromatic nitrogens is 2. The van der Waals surface area contributed by atoms with E-state index in [2.05, 4.69) is 14.7 Å². The molecule has 124 valence electrons. The van der Waals surface area contributed by atoms with Gasteiger partial charge in [-0.1, -0.05) is 30.3 Å². The highest BCUT2D eigenvalue weighted by molar-refractivity contribution is 7.89. The first-order valence-corrected chi connectivity index (χ1v) is 8.67. The zero-order valence-corrected chi connectivity index (χ0v) is 13.3. The molecular formula is C16H15N3O4S. The molecule has 8 heteroatoms. The third kappa shape index (κ3) is 3.29. The van der Waals surface area contributed by atoms with Crippen molar-refractivity contribution in [3.05, 3.63) is 60.4 Å². The summed E-state index contributed by atoms with van der Waals surface area (Å²) in [5.41, 5.74) is 1.04. The minimum Gasteiger partial charge on any atom is -0.481 e. The molecule has 0 fully saturated rings. The van der Waals surface area contributed by atoms with E-state index < -0.39 is 22.0 Å². The molecule has 1 unspecified atom stereocenters. The molecule has 0 aliphatic carbocycles. The molecule has 3 rings (SSSR count). The Kier molecular flexibility index (Phi) is 4.32. The van der Waals surface area contributed by atoms with E-state index in [1.807, 2.05) is 0 Å². The van der Waals surface area contributed by atoms with Crippen LogP contribution in [-0.4, -0.2) is 29.5 Å². The van der Waals surface area contributed by atoms with Crippen LogP contribution in [0.5, 0.6) is 0 Å². The van der Waals surface area contributed by atoms with Crippen molar-refractivity contribution < 1.29 is 18.3 Å². The molecule has 0 aliphatic rings. The summed E-state index contributed by atoms with van der Waals surface area (Å²) in [6.45, 7) is 0. The summed E-state index contributed by atoms with van der Waals surface area (Å²) in [7, 11) is -3.92. The number of fused-ring (bicyclic) bond motifs is 1. The van der Waals surface area contributed by atoms with Crippen molar-refractivity contribution in [1.29, 1.82) is 0 Å². The molecule has 24 heavy (non-hydrogen) atoms. The average molecular weight is 345 g/mol. The summed E-state index contributed by atoms with van der Waals surface area (Å²) in [4.78, 5) is 18.0. The number of aliphatic carboxylic acids is 1. The summed E-state index contributed by atoms with van der Waals surface area (Å²) >= 11 is 0. The zero-order valence-electron chi connectivity index (χ0n) is 12.5. The fraction of sp³-hybridized carbons (Fsp3) is 0.125. The van der Waals surface area contributed by atoms with Crippen LogP contribution in [0.2, 0.25) is 0 Å². The number of carbonyl (C=O) groups is 1. The lowest BCUT2D eigenvalue weighted by Crippen LogP contribution is -2.30. The van der Waals surface area contributed by atoms with Crippen LogP contribution in [0.25, 0.3) is 11.0 Å². The fourth-order valence-electron chi connectivity index (χ4n) is 2.49. The molecule has 3 aromatic rings. The SMILES string of the molecule is O=C(O)CC(NS(=O)(=O)c1c[nH]c2ncccc12)c1ccccc1. The molecule has 0 radical (unpaired) electrons. The Morgan fingerprint density at radius 1 is 1.21 bits per heavy atom. The Morgan fingerprint density at radius 2 is 1.96 bits per heavy atom. The fourth-order valence-corrected chi connectivity index (χ4v) is 3.88. The number of nitrogens with zero attached hydrogens (tertiary/aromatic N) is 1. The van der Waals surface area contributed by atoms with Crippen molar-refractivity contribution in [2.45, 2.75) is 17.4 Å². The van der Waals surface area contributed by atoms with Gasteiger partial charge in [0.25, 0.3) is 0 Å². The van der Waals surface area contributed by atoms with Gasteiger partial charge in [0.05, 0.1) is 12.5 Å². The van der Waals surface area contributed by atoms with E-state index in [0.717, 1.165) is 0 Å². The molecule has 0 amide bonds. The predicted octanol–water partition coefficient (Wildman–Crippen LogP) is 2.06. The number of nitrogens with one attached hydrogen (secondary N) is 2. The van der Waals surface area contributed by atoms with Crippen molar-refractivity contribution in [2.24, 2.45) is 0 Å².